The normalized spacial score (nSPS) is 11.6. The van der Waals surface area contributed by atoms with E-state index in [0.29, 0.717) is 11.2 Å². The zero-order valence-electron chi connectivity index (χ0n) is 13.2. The third-order valence-corrected chi connectivity index (χ3v) is 3.72. The first-order valence-electron chi connectivity index (χ1n) is 7.30. The average Bonchev–Trinajstić information content (AvgIpc) is 2.53. The molecule has 0 atom stereocenters. The number of non-ortho nitro benzene ring substituents is 1. The molecule has 3 rings (SSSR count). The minimum atomic E-state index is -0.441. The average molecular weight is 306 g/mol. The molecule has 0 fully saturated rings. The van der Waals surface area contributed by atoms with Gasteiger partial charge in [0.1, 0.15) is 6.20 Å². The Hall–Kier alpha value is -2.82. The molecule has 5 heteroatoms. The summed E-state index contributed by atoms with van der Waals surface area (Å²) in [7, 11) is 0. The van der Waals surface area contributed by atoms with Crippen LogP contribution in [0.5, 0.6) is 0 Å². The van der Waals surface area contributed by atoms with Crippen molar-refractivity contribution in [2.24, 2.45) is 0 Å². The van der Waals surface area contributed by atoms with Gasteiger partial charge in [-0.2, -0.15) is 0 Å². The second kappa shape index (κ2) is 5.43. The molecule has 1 aromatic heterocycles. The summed E-state index contributed by atoms with van der Waals surface area (Å²) in [5.41, 5.74) is 3.33. The highest BCUT2D eigenvalue weighted by Crippen LogP contribution is 2.27. The minimum Gasteiger partial charge on any atom is -0.258 e. The van der Waals surface area contributed by atoms with Crippen molar-refractivity contribution in [3.8, 4) is 11.3 Å². The molecule has 0 bridgehead atoms. The lowest BCUT2D eigenvalue weighted by Gasteiger charge is -2.19. The van der Waals surface area contributed by atoms with Gasteiger partial charge in [-0.3, -0.25) is 10.1 Å². The van der Waals surface area contributed by atoms with Gasteiger partial charge in [0.15, 0.2) is 5.52 Å². The first-order valence-corrected chi connectivity index (χ1v) is 7.30. The summed E-state index contributed by atoms with van der Waals surface area (Å²) in [5.74, 6) is 0. The van der Waals surface area contributed by atoms with Gasteiger partial charge >= 0.3 is 0 Å². The van der Waals surface area contributed by atoms with Crippen LogP contribution in [0, 0.1) is 16.3 Å². The molecule has 0 aliphatic rings. The van der Waals surface area contributed by atoms with E-state index >= 15 is 0 Å². The number of benzene rings is 2. The van der Waals surface area contributed by atoms with E-state index < -0.39 is 4.92 Å². The third-order valence-electron chi connectivity index (χ3n) is 3.72. The number of hydrogen-bond acceptors (Lipinski definition) is 4. The molecule has 0 unspecified atom stereocenters. The fourth-order valence-corrected chi connectivity index (χ4v) is 2.38. The fraction of sp³-hybridized carbons (Fsp3) is 0.222. The van der Waals surface area contributed by atoms with Gasteiger partial charge in [-0.25, -0.2) is 9.97 Å². The van der Waals surface area contributed by atoms with Gasteiger partial charge in [-0.15, -0.1) is 0 Å². The molecule has 0 aliphatic heterocycles. The molecule has 2 aromatic carbocycles. The maximum Gasteiger partial charge on any atom is 0.297 e. The predicted octanol–water partition coefficient (Wildman–Crippen LogP) is 4.30. The lowest BCUT2D eigenvalue weighted by Crippen LogP contribution is -2.10. The first-order chi connectivity index (χ1) is 10.9. The Bertz CT molecular complexity index is 881. The maximum absolute atomic E-state index is 11.1. The van der Waals surface area contributed by atoms with Crippen molar-refractivity contribution in [1.29, 1.82) is 0 Å². The molecule has 0 amide bonds. The Morgan fingerprint density at radius 2 is 1.78 bits per heavy atom. The summed E-state index contributed by atoms with van der Waals surface area (Å²) in [4.78, 5) is 19.3. The topological polar surface area (TPSA) is 68.9 Å². The molecule has 23 heavy (non-hydrogen) atoms. The Morgan fingerprint density at radius 3 is 2.39 bits per heavy atom. The number of aromatic nitrogens is 2. The molecule has 0 spiro atoms. The van der Waals surface area contributed by atoms with E-state index in [4.69, 9.17) is 0 Å². The van der Waals surface area contributed by atoms with Crippen molar-refractivity contribution in [1.82, 2.24) is 9.97 Å². The fourth-order valence-electron chi connectivity index (χ4n) is 2.38. The highest BCUT2D eigenvalue weighted by molar-refractivity contribution is 5.85. The SMILES string of the molecule is CC(C)(C)c1ccc(-c2[c]nc3cccc([N+](=O)[O-])c3n2)cc1. The lowest BCUT2D eigenvalue weighted by molar-refractivity contribution is -0.383. The molecule has 0 aliphatic carbocycles. The van der Waals surface area contributed by atoms with Crippen LogP contribution in [-0.4, -0.2) is 14.9 Å². The van der Waals surface area contributed by atoms with Crippen LogP contribution in [0.1, 0.15) is 26.3 Å². The van der Waals surface area contributed by atoms with Crippen LogP contribution in [0.25, 0.3) is 22.3 Å². The second-order valence-corrected chi connectivity index (χ2v) is 6.41. The number of hydrogen-bond donors (Lipinski definition) is 0. The smallest absolute Gasteiger partial charge is 0.258 e. The molecule has 115 valence electrons. The second-order valence-electron chi connectivity index (χ2n) is 6.41. The molecule has 5 nitrogen and oxygen atoms in total. The number of nitrogens with zero attached hydrogens (tertiary/aromatic N) is 3. The van der Waals surface area contributed by atoms with E-state index in [-0.39, 0.29) is 16.6 Å². The molecule has 1 heterocycles. The van der Waals surface area contributed by atoms with Gasteiger partial charge in [0.25, 0.3) is 5.69 Å². The van der Waals surface area contributed by atoms with Crippen molar-refractivity contribution in [3.05, 3.63) is 64.3 Å². The highest BCUT2D eigenvalue weighted by Gasteiger charge is 2.16. The van der Waals surface area contributed by atoms with Crippen molar-refractivity contribution < 1.29 is 4.92 Å². The van der Waals surface area contributed by atoms with E-state index in [1.54, 1.807) is 12.1 Å². The van der Waals surface area contributed by atoms with Crippen molar-refractivity contribution in [2.75, 3.05) is 0 Å². The summed E-state index contributed by atoms with van der Waals surface area (Å²) < 4.78 is 0. The Balaban J connectivity index is 2.10. The van der Waals surface area contributed by atoms with Gasteiger partial charge in [-0.1, -0.05) is 51.1 Å². The molecular weight excluding hydrogens is 290 g/mol. The molecule has 0 saturated carbocycles. The molecule has 0 N–H and O–H groups in total. The van der Waals surface area contributed by atoms with Crippen LogP contribution in [0.3, 0.4) is 0 Å². The zero-order valence-corrected chi connectivity index (χ0v) is 13.2. The number of fused-ring (bicyclic) bond motifs is 1. The molecule has 3 aromatic rings. The van der Waals surface area contributed by atoms with Gasteiger partial charge in [0.2, 0.25) is 0 Å². The van der Waals surface area contributed by atoms with E-state index in [1.165, 1.54) is 11.6 Å². The predicted molar refractivity (Wildman–Crippen MR) is 89.2 cm³/mol. The number of rotatable bonds is 2. The molecule has 1 radical (unpaired) electrons. The highest BCUT2D eigenvalue weighted by atomic mass is 16.6. The van der Waals surface area contributed by atoms with Gasteiger partial charge in [0, 0.05) is 11.6 Å². The summed E-state index contributed by atoms with van der Waals surface area (Å²) in [5, 5.41) is 11.1. The van der Waals surface area contributed by atoms with E-state index in [1.807, 2.05) is 24.3 Å². The van der Waals surface area contributed by atoms with Crippen LogP contribution in [0.15, 0.2) is 42.5 Å². The van der Waals surface area contributed by atoms with Crippen LogP contribution < -0.4 is 0 Å². The van der Waals surface area contributed by atoms with Crippen LogP contribution in [-0.2, 0) is 5.41 Å². The standard InChI is InChI=1S/C18H16N3O2/c1-18(2,3)13-9-7-12(8-10-13)15-11-19-14-5-4-6-16(21(22)23)17(14)20-15/h4-10H,1-3H3. The van der Waals surface area contributed by atoms with E-state index in [0.717, 1.165) is 5.56 Å². The largest absolute Gasteiger partial charge is 0.297 e. The van der Waals surface area contributed by atoms with Gasteiger partial charge < -0.3 is 0 Å². The zero-order chi connectivity index (χ0) is 16.6. The first kappa shape index (κ1) is 15.1. The minimum absolute atomic E-state index is 0.0449. The van der Waals surface area contributed by atoms with Crippen molar-refractivity contribution in [3.63, 3.8) is 0 Å². The van der Waals surface area contributed by atoms with Crippen molar-refractivity contribution in [2.45, 2.75) is 26.2 Å². The Kier molecular flexibility index (Phi) is 3.56. The van der Waals surface area contributed by atoms with Crippen LogP contribution in [0.2, 0.25) is 0 Å². The maximum atomic E-state index is 11.1. The molecular formula is C18H16N3O2. The summed E-state index contributed by atoms with van der Waals surface area (Å²) in [6.07, 6.45) is 2.87. The van der Waals surface area contributed by atoms with E-state index in [2.05, 4.69) is 36.9 Å². The summed E-state index contributed by atoms with van der Waals surface area (Å²) >= 11 is 0. The monoisotopic (exact) mass is 306 g/mol. The Labute approximate surface area is 134 Å². The lowest BCUT2D eigenvalue weighted by atomic mass is 9.86. The van der Waals surface area contributed by atoms with Gasteiger partial charge in [-0.05, 0) is 17.0 Å². The van der Waals surface area contributed by atoms with E-state index in [9.17, 15) is 10.1 Å². The quantitative estimate of drug-likeness (QED) is 0.523. The number of nitro groups is 1. The summed E-state index contributed by atoms with van der Waals surface area (Å²) in [6.45, 7) is 6.44. The Morgan fingerprint density at radius 1 is 1.09 bits per heavy atom. The number of para-hydroxylation sites is 1. The van der Waals surface area contributed by atoms with Gasteiger partial charge in [0.05, 0.1) is 16.1 Å². The van der Waals surface area contributed by atoms with Crippen LogP contribution in [0.4, 0.5) is 5.69 Å². The van der Waals surface area contributed by atoms with Crippen LogP contribution >= 0.6 is 0 Å². The number of nitro benzene ring substituents is 1. The summed E-state index contributed by atoms with van der Waals surface area (Å²) in [6, 6.07) is 12.7. The van der Waals surface area contributed by atoms with Crippen molar-refractivity contribution >= 4 is 16.7 Å². The molecule has 0 saturated heterocycles. The third kappa shape index (κ3) is 2.90.